The van der Waals surface area contributed by atoms with Gasteiger partial charge in [0.15, 0.2) is 0 Å². The van der Waals surface area contributed by atoms with Crippen LogP contribution in [0.25, 0.3) is 0 Å². The molecule has 1 aromatic rings. The minimum atomic E-state index is -0.519. The van der Waals surface area contributed by atoms with Crippen LogP contribution in [0.4, 0.5) is 0 Å². The third-order valence-corrected chi connectivity index (χ3v) is 2.45. The smallest absolute Gasteiger partial charge is 0.322 e. The third-order valence-electron chi connectivity index (χ3n) is 2.45. The molecule has 0 spiro atoms. The standard InChI is InChI=1S/C14H21NO2/c1-11(2)10-17-14(16)13(15)9-8-12-6-4-3-5-7-12/h3-7,11,13H,8-10,15H2,1-2H3/t13-/m0/s1. The minimum absolute atomic E-state index is 0.297. The van der Waals surface area contributed by atoms with Crippen molar-refractivity contribution in [3.05, 3.63) is 35.9 Å². The summed E-state index contributed by atoms with van der Waals surface area (Å²) < 4.78 is 5.09. The second-order valence-corrected chi connectivity index (χ2v) is 4.65. The van der Waals surface area contributed by atoms with E-state index in [9.17, 15) is 4.79 Å². The van der Waals surface area contributed by atoms with Crippen molar-refractivity contribution in [2.45, 2.75) is 32.7 Å². The zero-order valence-electron chi connectivity index (χ0n) is 10.6. The summed E-state index contributed by atoms with van der Waals surface area (Å²) in [6, 6.07) is 9.49. The molecule has 0 unspecified atom stereocenters. The molecule has 1 rings (SSSR count). The molecule has 0 saturated heterocycles. The lowest BCUT2D eigenvalue weighted by molar-refractivity contribution is -0.146. The molecular formula is C14H21NO2. The van der Waals surface area contributed by atoms with Gasteiger partial charge in [-0.05, 0) is 24.3 Å². The molecule has 0 heterocycles. The van der Waals surface area contributed by atoms with Crippen LogP contribution in [0.2, 0.25) is 0 Å². The number of hydrogen-bond acceptors (Lipinski definition) is 3. The topological polar surface area (TPSA) is 52.3 Å². The Morgan fingerprint density at radius 2 is 1.94 bits per heavy atom. The number of carbonyl (C=O) groups is 1. The second-order valence-electron chi connectivity index (χ2n) is 4.65. The molecule has 1 aromatic carbocycles. The SMILES string of the molecule is CC(C)COC(=O)[C@@H](N)CCc1ccccc1. The van der Waals surface area contributed by atoms with Crippen LogP contribution < -0.4 is 5.73 Å². The Bertz CT molecular complexity index is 335. The number of benzene rings is 1. The van der Waals surface area contributed by atoms with E-state index in [0.29, 0.717) is 18.9 Å². The van der Waals surface area contributed by atoms with E-state index < -0.39 is 6.04 Å². The van der Waals surface area contributed by atoms with E-state index in [4.69, 9.17) is 10.5 Å². The Labute approximate surface area is 103 Å². The number of nitrogens with two attached hydrogens (primary N) is 1. The Morgan fingerprint density at radius 3 is 2.53 bits per heavy atom. The van der Waals surface area contributed by atoms with Gasteiger partial charge in [-0.3, -0.25) is 4.79 Å². The van der Waals surface area contributed by atoms with Crippen LogP contribution >= 0.6 is 0 Å². The van der Waals surface area contributed by atoms with E-state index in [1.165, 1.54) is 5.56 Å². The van der Waals surface area contributed by atoms with Gasteiger partial charge in [0.05, 0.1) is 6.61 Å². The molecule has 0 fully saturated rings. The van der Waals surface area contributed by atoms with Crippen LogP contribution in [0.15, 0.2) is 30.3 Å². The molecule has 3 heteroatoms. The van der Waals surface area contributed by atoms with E-state index >= 15 is 0 Å². The zero-order chi connectivity index (χ0) is 12.7. The summed E-state index contributed by atoms with van der Waals surface area (Å²) >= 11 is 0. The van der Waals surface area contributed by atoms with E-state index in [-0.39, 0.29) is 5.97 Å². The van der Waals surface area contributed by atoms with Crippen molar-refractivity contribution in [2.24, 2.45) is 11.7 Å². The molecule has 2 N–H and O–H groups in total. The summed E-state index contributed by atoms with van der Waals surface area (Å²) in [5.41, 5.74) is 6.97. The maximum absolute atomic E-state index is 11.5. The van der Waals surface area contributed by atoms with Gasteiger partial charge in [0, 0.05) is 0 Å². The maximum Gasteiger partial charge on any atom is 0.322 e. The maximum atomic E-state index is 11.5. The highest BCUT2D eigenvalue weighted by atomic mass is 16.5. The van der Waals surface area contributed by atoms with Crippen LogP contribution in [-0.2, 0) is 16.0 Å². The highest BCUT2D eigenvalue weighted by molar-refractivity contribution is 5.75. The molecule has 94 valence electrons. The summed E-state index contributed by atoms with van der Waals surface area (Å²) in [5, 5.41) is 0. The number of rotatable bonds is 6. The van der Waals surface area contributed by atoms with Gasteiger partial charge in [0.2, 0.25) is 0 Å². The molecule has 3 nitrogen and oxygen atoms in total. The summed E-state index contributed by atoms with van der Waals surface area (Å²) in [5.74, 6) is 0.0508. The Balaban J connectivity index is 2.29. The summed E-state index contributed by atoms with van der Waals surface area (Å²) in [4.78, 5) is 11.5. The van der Waals surface area contributed by atoms with Crippen LogP contribution in [0, 0.1) is 5.92 Å². The van der Waals surface area contributed by atoms with Crippen molar-refractivity contribution < 1.29 is 9.53 Å². The van der Waals surface area contributed by atoms with E-state index in [1.54, 1.807) is 0 Å². The molecule has 0 aliphatic heterocycles. The summed E-state index contributed by atoms with van der Waals surface area (Å²) in [6.07, 6.45) is 1.43. The van der Waals surface area contributed by atoms with Crippen molar-refractivity contribution in [1.29, 1.82) is 0 Å². The normalized spacial score (nSPS) is 12.5. The average Bonchev–Trinajstić information content (AvgIpc) is 2.34. The van der Waals surface area contributed by atoms with Gasteiger partial charge >= 0.3 is 5.97 Å². The number of esters is 1. The van der Waals surface area contributed by atoms with Crippen LogP contribution in [0.1, 0.15) is 25.8 Å². The van der Waals surface area contributed by atoms with Gasteiger partial charge in [0.1, 0.15) is 6.04 Å². The van der Waals surface area contributed by atoms with Crippen LogP contribution in [0.5, 0.6) is 0 Å². The van der Waals surface area contributed by atoms with E-state index in [2.05, 4.69) is 0 Å². The van der Waals surface area contributed by atoms with Gasteiger partial charge in [-0.15, -0.1) is 0 Å². The quantitative estimate of drug-likeness (QED) is 0.769. The van der Waals surface area contributed by atoms with Crippen molar-refractivity contribution in [3.8, 4) is 0 Å². The van der Waals surface area contributed by atoms with E-state index in [0.717, 1.165) is 6.42 Å². The molecular weight excluding hydrogens is 214 g/mol. The van der Waals surface area contributed by atoms with Gasteiger partial charge in [-0.25, -0.2) is 0 Å². The highest BCUT2D eigenvalue weighted by Gasteiger charge is 2.15. The lowest BCUT2D eigenvalue weighted by Gasteiger charge is -2.12. The fourth-order valence-electron chi connectivity index (χ4n) is 1.44. The third kappa shape index (κ3) is 5.50. The first-order chi connectivity index (χ1) is 8.09. The first-order valence-electron chi connectivity index (χ1n) is 6.05. The fraction of sp³-hybridized carbons (Fsp3) is 0.500. The Morgan fingerprint density at radius 1 is 1.29 bits per heavy atom. The first kappa shape index (κ1) is 13.7. The van der Waals surface area contributed by atoms with Crippen molar-refractivity contribution in [1.82, 2.24) is 0 Å². The van der Waals surface area contributed by atoms with Gasteiger partial charge < -0.3 is 10.5 Å². The number of ether oxygens (including phenoxy) is 1. The largest absolute Gasteiger partial charge is 0.464 e. The second kappa shape index (κ2) is 7.07. The molecule has 17 heavy (non-hydrogen) atoms. The molecule has 0 aliphatic rings. The van der Waals surface area contributed by atoms with Gasteiger partial charge in [-0.2, -0.15) is 0 Å². The molecule has 0 aromatic heterocycles. The number of hydrogen-bond donors (Lipinski definition) is 1. The predicted molar refractivity (Wildman–Crippen MR) is 68.5 cm³/mol. The van der Waals surface area contributed by atoms with Gasteiger partial charge in [-0.1, -0.05) is 44.2 Å². The minimum Gasteiger partial charge on any atom is -0.464 e. The fourth-order valence-corrected chi connectivity index (χ4v) is 1.44. The van der Waals surface area contributed by atoms with Crippen molar-refractivity contribution in [3.63, 3.8) is 0 Å². The Kier molecular flexibility index (Phi) is 5.70. The lowest BCUT2D eigenvalue weighted by Crippen LogP contribution is -2.33. The molecule has 0 saturated carbocycles. The first-order valence-corrected chi connectivity index (χ1v) is 6.05. The van der Waals surface area contributed by atoms with Crippen LogP contribution in [0.3, 0.4) is 0 Å². The van der Waals surface area contributed by atoms with Crippen molar-refractivity contribution >= 4 is 5.97 Å². The predicted octanol–water partition coefficient (Wildman–Crippen LogP) is 2.15. The zero-order valence-corrected chi connectivity index (χ0v) is 10.6. The number of aryl methyl sites for hydroxylation is 1. The average molecular weight is 235 g/mol. The number of carbonyl (C=O) groups excluding carboxylic acids is 1. The Hall–Kier alpha value is -1.35. The molecule has 0 aliphatic carbocycles. The van der Waals surface area contributed by atoms with Gasteiger partial charge in [0.25, 0.3) is 0 Å². The monoisotopic (exact) mass is 235 g/mol. The molecule has 0 radical (unpaired) electrons. The van der Waals surface area contributed by atoms with Crippen molar-refractivity contribution in [2.75, 3.05) is 6.61 Å². The highest BCUT2D eigenvalue weighted by Crippen LogP contribution is 2.05. The summed E-state index contributed by atoms with van der Waals surface area (Å²) in [6.45, 7) is 4.45. The molecule has 0 bridgehead atoms. The van der Waals surface area contributed by atoms with Crippen LogP contribution in [-0.4, -0.2) is 18.6 Å². The van der Waals surface area contributed by atoms with E-state index in [1.807, 2.05) is 44.2 Å². The lowest BCUT2D eigenvalue weighted by atomic mass is 10.1. The molecule has 0 amide bonds. The molecule has 1 atom stereocenters. The summed E-state index contributed by atoms with van der Waals surface area (Å²) in [7, 11) is 0.